The Bertz CT molecular complexity index is 687. The van der Waals surface area contributed by atoms with Gasteiger partial charge in [-0.3, -0.25) is 4.79 Å². The third-order valence-electron chi connectivity index (χ3n) is 3.49. The number of fused-ring (bicyclic) bond motifs is 1. The molecule has 0 radical (unpaired) electrons. The number of halogens is 1. The van der Waals surface area contributed by atoms with Gasteiger partial charge in [0.15, 0.2) is 11.6 Å². The lowest BCUT2D eigenvalue weighted by Gasteiger charge is -2.25. The van der Waals surface area contributed by atoms with Crippen molar-refractivity contribution in [2.45, 2.75) is 12.3 Å². The minimum Gasteiger partial charge on any atom is -0.505 e. The van der Waals surface area contributed by atoms with E-state index in [4.69, 9.17) is 9.84 Å². The number of carbonyl (C=O) groups excluding carboxylic acids is 1. The lowest BCUT2D eigenvalue weighted by molar-refractivity contribution is -0.118. The van der Waals surface area contributed by atoms with Crippen molar-refractivity contribution in [3.8, 4) is 11.5 Å². The SMILES string of the molecule is O=C(Nc1ccc(O)c(F)c1)C1CCOc2ccccc21. The molecule has 1 atom stereocenters. The molecule has 1 amide bonds. The number of rotatable bonds is 2. The number of para-hydroxylation sites is 1. The van der Waals surface area contributed by atoms with Gasteiger partial charge in [0.05, 0.1) is 12.5 Å². The average molecular weight is 287 g/mol. The number of aromatic hydroxyl groups is 1. The van der Waals surface area contributed by atoms with Gasteiger partial charge in [-0.1, -0.05) is 18.2 Å². The molecule has 5 heteroatoms. The van der Waals surface area contributed by atoms with Crippen LogP contribution in [-0.4, -0.2) is 17.6 Å². The monoisotopic (exact) mass is 287 g/mol. The Kier molecular flexibility index (Phi) is 3.48. The second-order valence-corrected chi connectivity index (χ2v) is 4.88. The summed E-state index contributed by atoms with van der Waals surface area (Å²) >= 11 is 0. The first kappa shape index (κ1) is 13.4. The Morgan fingerprint density at radius 3 is 2.90 bits per heavy atom. The van der Waals surface area contributed by atoms with Gasteiger partial charge in [0, 0.05) is 17.3 Å². The van der Waals surface area contributed by atoms with Crippen LogP contribution >= 0.6 is 0 Å². The molecule has 108 valence electrons. The van der Waals surface area contributed by atoms with Crippen molar-refractivity contribution in [3.63, 3.8) is 0 Å². The minimum absolute atomic E-state index is 0.212. The van der Waals surface area contributed by atoms with E-state index in [-0.39, 0.29) is 11.8 Å². The van der Waals surface area contributed by atoms with Crippen LogP contribution < -0.4 is 10.1 Å². The molecule has 0 fully saturated rings. The number of hydrogen-bond donors (Lipinski definition) is 2. The van der Waals surface area contributed by atoms with Gasteiger partial charge in [0.2, 0.25) is 5.91 Å². The van der Waals surface area contributed by atoms with Crippen LogP contribution in [0, 0.1) is 5.82 Å². The molecule has 1 aliphatic rings. The molecule has 0 aromatic heterocycles. The predicted molar refractivity (Wildman–Crippen MR) is 76.0 cm³/mol. The normalized spacial score (nSPS) is 16.7. The molecule has 21 heavy (non-hydrogen) atoms. The molecule has 2 aromatic carbocycles. The lowest BCUT2D eigenvalue weighted by atomic mass is 9.92. The van der Waals surface area contributed by atoms with E-state index in [0.717, 1.165) is 11.6 Å². The number of hydrogen-bond acceptors (Lipinski definition) is 3. The number of phenolic OH excluding ortho intramolecular Hbond substituents is 1. The van der Waals surface area contributed by atoms with Crippen molar-refractivity contribution >= 4 is 11.6 Å². The summed E-state index contributed by atoms with van der Waals surface area (Å²) in [5.41, 5.74) is 1.15. The molecule has 1 unspecified atom stereocenters. The Morgan fingerprint density at radius 1 is 1.29 bits per heavy atom. The highest BCUT2D eigenvalue weighted by Crippen LogP contribution is 2.34. The molecule has 3 rings (SSSR count). The maximum Gasteiger partial charge on any atom is 0.232 e. The number of amides is 1. The zero-order valence-corrected chi connectivity index (χ0v) is 11.2. The summed E-state index contributed by atoms with van der Waals surface area (Å²) in [6.07, 6.45) is 0.573. The van der Waals surface area contributed by atoms with Gasteiger partial charge < -0.3 is 15.2 Å². The number of benzene rings is 2. The van der Waals surface area contributed by atoms with E-state index in [1.54, 1.807) is 0 Å². The maximum atomic E-state index is 13.3. The summed E-state index contributed by atoms with van der Waals surface area (Å²) in [5.74, 6) is -1.03. The summed E-state index contributed by atoms with van der Waals surface area (Å²) in [5, 5.41) is 11.8. The third-order valence-corrected chi connectivity index (χ3v) is 3.49. The highest BCUT2D eigenvalue weighted by Gasteiger charge is 2.27. The summed E-state index contributed by atoms with van der Waals surface area (Å²) in [4.78, 5) is 12.4. The molecular weight excluding hydrogens is 273 g/mol. The highest BCUT2D eigenvalue weighted by atomic mass is 19.1. The highest BCUT2D eigenvalue weighted by molar-refractivity contribution is 5.96. The molecule has 0 saturated heterocycles. The van der Waals surface area contributed by atoms with E-state index < -0.39 is 11.6 Å². The van der Waals surface area contributed by atoms with Crippen molar-refractivity contribution in [3.05, 3.63) is 53.8 Å². The number of carbonyl (C=O) groups is 1. The van der Waals surface area contributed by atoms with Gasteiger partial charge >= 0.3 is 0 Å². The molecule has 1 heterocycles. The first-order chi connectivity index (χ1) is 10.1. The first-order valence-corrected chi connectivity index (χ1v) is 6.66. The number of anilines is 1. The summed E-state index contributed by atoms with van der Waals surface area (Å²) in [6.45, 7) is 0.471. The van der Waals surface area contributed by atoms with Crippen LogP contribution in [0.5, 0.6) is 11.5 Å². The van der Waals surface area contributed by atoms with Gasteiger partial charge in [-0.15, -0.1) is 0 Å². The maximum absolute atomic E-state index is 13.3. The van der Waals surface area contributed by atoms with Gasteiger partial charge in [-0.25, -0.2) is 4.39 Å². The predicted octanol–water partition coefficient (Wildman–Crippen LogP) is 3.04. The van der Waals surface area contributed by atoms with Crippen molar-refractivity contribution in [1.29, 1.82) is 0 Å². The van der Waals surface area contributed by atoms with Crippen LogP contribution in [-0.2, 0) is 4.79 Å². The fourth-order valence-electron chi connectivity index (χ4n) is 2.43. The lowest BCUT2D eigenvalue weighted by Crippen LogP contribution is -2.26. The minimum atomic E-state index is -0.764. The molecule has 2 N–H and O–H groups in total. The fraction of sp³-hybridized carbons (Fsp3) is 0.188. The molecule has 0 spiro atoms. The van der Waals surface area contributed by atoms with E-state index in [1.807, 2.05) is 24.3 Å². The fourth-order valence-corrected chi connectivity index (χ4v) is 2.43. The van der Waals surface area contributed by atoms with Crippen LogP contribution in [0.25, 0.3) is 0 Å². The number of phenols is 1. The zero-order chi connectivity index (χ0) is 14.8. The molecule has 0 aliphatic carbocycles. The van der Waals surface area contributed by atoms with Crippen LogP contribution in [0.1, 0.15) is 17.9 Å². The molecule has 0 saturated carbocycles. The Labute approximate surface area is 121 Å². The van der Waals surface area contributed by atoms with Crippen LogP contribution in [0.15, 0.2) is 42.5 Å². The average Bonchev–Trinajstić information content (AvgIpc) is 2.50. The number of nitrogens with one attached hydrogen (secondary N) is 1. The van der Waals surface area contributed by atoms with Crippen molar-refractivity contribution in [2.75, 3.05) is 11.9 Å². The van der Waals surface area contributed by atoms with E-state index in [2.05, 4.69) is 5.32 Å². The van der Waals surface area contributed by atoms with Crippen molar-refractivity contribution in [2.24, 2.45) is 0 Å². The molecular formula is C16H14FNO3. The van der Waals surface area contributed by atoms with E-state index >= 15 is 0 Å². The summed E-state index contributed by atoms with van der Waals surface area (Å²) < 4.78 is 18.8. The Morgan fingerprint density at radius 2 is 2.10 bits per heavy atom. The standard InChI is InChI=1S/C16H14FNO3/c17-13-9-10(5-6-14(13)19)18-16(20)12-7-8-21-15-4-2-1-3-11(12)15/h1-6,9,12,19H,7-8H2,(H,18,20). The van der Waals surface area contributed by atoms with E-state index in [0.29, 0.717) is 24.5 Å². The molecule has 2 aromatic rings. The summed E-state index contributed by atoms with van der Waals surface area (Å²) in [6, 6.07) is 11.2. The zero-order valence-electron chi connectivity index (χ0n) is 11.2. The third kappa shape index (κ3) is 2.67. The molecule has 1 aliphatic heterocycles. The second-order valence-electron chi connectivity index (χ2n) is 4.88. The molecule has 4 nitrogen and oxygen atoms in total. The number of ether oxygens (including phenoxy) is 1. The second kappa shape index (κ2) is 5.44. The van der Waals surface area contributed by atoms with Gasteiger partial charge in [0.25, 0.3) is 0 Å². The Balaban J connectivity index is 1.81. The largest absolute Gasteiger partial charge is 0.505 e. The quantitative estimate of drug-likeness (QED) is 0.835. The van der Waals surface area contributed by atoms with E-state index in [1.165, 1.54) is 12.1 Å². The topological polar surface area (TPSA) is 58.6 Å². The smallest absolute Gasteiger partial charge is 0.232 e. The first-order valence-electron chi connectivity index (χ1n) is 6.66. The van der Waals surface area contributed by atoms with Gasteiger partial charge in [-0.05, 0) is 24.6 Å². The van der Waals surface area contributed by atoms with Crippen LogP contribution in [0.4, 0.5) is 10.1 Å². The molecule has 0 bridgehead atoms. The van der Waals surface area contributed by atoms with E-state index in [9.17, 15) is 9.18 Å². The Hall–Kier alpha value is -2.56. The van der Waals surface area contributed by atoms with Gasteiger partial charge in [0.1, 0.15) is 5.75 Å². The van der Waals surface area contributed by atoms with Crippen molar-refractivity contribution in [1.82, 2.24) is 0 Å². The van der Waals surface area contributed by atoms with Gasteiger partial charge in [-0.2, -0.15) is 0 Å². The van der Waals surface area contributed by atoms with Crippen LogP contribution in [0.2, 0.25) is 0 Å². The van der Waals surface area contributed by atoms with Crippen molar-refractivity contribution < 1.29 is 19.0 Å². The summed E-state index contributed by atoms with van der Waals surface area (Å²) in [7, 11) is 0. The van der Waals surface area contributed by atoms with Crippen LogP contribution in [0.3, 0.4) is 0 Å².